The van der Waals surface area contributed by atoms with Gasteiger partial charge >= 0.3 is 10.1 Å². The van der Waals surface area contributed by atoms with E-state index in [0.29, 0.717) is 10.4 Å². The van der Waals surface area contributed by atoms with Gasteiger partial charge in [0.25, 0.3) is 0 Å². The van der Waals surface area contributed by atoms with Crippen LogP contribution in [0.25, 0.3) is 0 Å². The molecule has 0 atom stereocenters. The van der Waals surface area contributed by atoms with Gasteiger partial charge in [-0.3, -0.25) is 0 Å². The first-order chi connectivity index (χ1) is 10.3. The van der Waals surface area contributed by atoms with Gasteiger partial charge in [0.2, 0.25) is 0 Å². The van der Waals surface area contributed by atoms with Gasteiger partial charge in [-0.25, -0.2) is 0 Å². The molecule has 0 N–H and O–H groups in total. The fraction of sp³-hybridized carbons (Fsp3) is 0.250. The summed E-state index contributed by atoms with van der Waals surface area (Å²) in [6.07, 6.45) is 0. The van der Waals surface area contributed by atoms with Crippen molar-refractivity contribution in [1.29, 1.82) is 0 Å². The molecular weight excluding hydrogens is 368 g/mol. The fourth-order valence-electron chi connectivity index (χ4n) is 1.93. The molecule has 2 aromatic carbocycles. The Labute approximate surface area is 139 Å². The van der Waals surface area contributed by atoms with Gasteiger partial charge in [-0.2, -0.15) is 8.42 Å². The lowest BCUT2D eigenvalue weighted by Gasteiger charge is -2.12. The number of rotatable bonds is 5. The molecule has 0 radical (unpaired) electrons. The van der Waals surface area contributed by atoms with Crippen LogP contribution in [-0.4, -0.2) is 15.5 Å². The number of hydrogen-bond donors (Lipinski definition) is 0. The van der Waals surface area contributed by atoms with Crippen molar-refractivity contribution in [2.24, 2.45) is 0 Å². The molecule has 0 amide bonds. The Balaban J connectivity index is 2.33. The third-order valence-electron chi connectivity index (χ3n) is 3.15. The zero-order chi connectivity index (χ0) is 16.3. The summed E-state index contributed by atoms with van der Waals surface area (Å²) in [5, 5.41) is 0. The molecular formula is C16H17BrO4S. The molecule has 0 fully saturated rings. The quantitative estimate of drug-likeness (QED) is 0.719. The molecule has 0 saturated carbocycles. The summed E-state index contributed by atoms with van der Waals surface area (Å²) in [6, 6.07) is 11.7. The Morgan fingerprint density at radius 1 is 1.05 bits per heavy atom. The molecule has 6 heteroatoms. The largest absolute Gasteiger partial charge is 0.495 e. The second-order valence-electron chi connectivity index (χ2n) is 5.06. The van der Waals surface area contributed by atoms with E-state index in [0.717, 1.165) is 5.56 Å². The lowest BCUT2D eigenvalue weighted by molar-refractivity contribution is 0.398. The third-order valence-corrected chi connectivity index (χ3v) is 4.91. The van der Waals surface area contributed by atoms with Crippen LogP contribution in [0, 0.1) is 0 Å². The Hall–Kier alpha value is -1.53. The van der Waals surface area contributed by atoms with Crippen LogP contribution < -0.4 is 8.92 Å². The maximum atomic E-state index is 12.4. The van der Waals surface area contributed by atoms with E-state index in [1.165, 1.54) is 13.2 Å². The van der Waals surface area contributed by atoms with Crippen molar-refractivity contribution in [2.75, 3.05) is 7.11 Å². The van der Waals surface area contributed by atoms with E-state index in [9.17, 15) is 8.42 Å². The van der Waals surface area contributed by atoms with E-state index >= 15 is 0 Å². The Bertz CT molecular complexity index is 752. The minimum absolute atomic E-state index is 0.0164. The van der Waals surface area contributed by atoms with Gasteiger partial charge in [-0.15, -0.1) is 0 Å². The Morgan fingerprint density at radius 2 is 1.68 bits per heavy atom. The zero-order valence-electron chi connectivity index (χ0n) is 12.5. The minimum Gasteiger partial charge on any atom is -0.495 e. The van der Waals surface area contributed by atoms with E-state index in [1.54, 1.807) is 24.3 Å². The van der Waals surface area contributed by atoms with Gasteiger partial charge < -0.3 is 8.92 Å². The second kappa shape index (κ2) is 6.71. The normalized spacial score (nSPS) is 11.5. The highest BCUT2D eigenvalue weighted by Crippen LogP contribution is 2.30. The standard InChI is InChI=1S/C16H17BrO4S/c1-11(2)12-4-7-14(8-5-12)21-22(18,19)16-10-13(17)6-9-15(16)20-3/h4-11H,1-3H3. The molecule has 0 saturated heterocycles. The molecule has 0 heterocycles. The summed E-state index contributed by atoms with van der Waals surface area (Å²) in [4.78, 5) is -0.0164. The van der Waals surface area contributed by atoms with Crippen molar-refractivity contribution in [2.45, 2.75) is 24.7 Å². The Kier molecular flexibility index (Phi) is 5.13. The monoisotopic (exact) mass is 384 g/mol. The first kappa shape index (κ1) is 16.8. The molecule has 0 unspecified atom stereocenters. The molecule has 0 bridgehead atoms. The van der Waals surface area contributed by atoms with Gasteiger partial charge in [-0.1, -0.05) is 41.9 Å². The molecule has 0 spiro atoms. The predicted octanol–water partition coefficient (Wildman–Crippen LogP) is 4.35. The summed E-state index contributed by atoms with van der Waals surface area (Å²) in [7, 11) is -2.55. The van der Waals surface area contributed by atoms with E-state index in [1.807, 2.05) is 12.1 Å². The smallest absolute Gasteiger partial charge is 0.342 e. The number of hydrogen-bond acceptors (Lipinski definition) is 4. The van der Waals surface area contributed by atoms with Crippen molar-refractivity contribution in [3.8, 4) is 11.5 Å². The molecule has 2 rings (SSSR count). The average molecular weight is 385 g/mol. The molecule has 0 aliphatic heterocycles. The topological polar surface area (TPSA) is 52.6 Å². The highest BCUT2D eigenvalue weighted by Gasteiger charge is 2.22. The van der Waals surface area contributed by atoms with Crippen LogP contribution in [0.4, 0.5) is 0 Å². The molecule has 0 aromatic heterocycles. The number of ether oxygens (including phenoxy) is 1. The van der Waals surface area contributed by atoms with Crippen LogP contribution >= 0.6 is 15.9 Å². The minimum atomic E-state index is -3.97. The van der Waals surface area contributed by atoms with E-state index in [-0.39, 0.29) is 16.4 Å². The highest BCUT2D eigenvalue weighted by molar-refractivity contribution is 9.10. The van der Waals surface area contributed by atoms with Crippen molar-refractivity contribution in [3.05, 3.63) is 52.5 Å². The summed E-state index contributed by atoms with van der Waals surface area (Å²) in [5.41, 5.74) is 1.12. The first-order valence-electron chi connectivity index (χ1n) is 6.71. The maximum Gasteiger partial charge on any atom is 0.342 e. The van der Waals surface area contributed by atoms with E-state index < -0.39 is 10.1 Å². The number of halogens is 1. The van der Waals surface area contributed by atoms with Crippen LogP contribution in [-0.2, 0) is 10.1 Å². The van der Waals surface area contributed by atoms with E-state index in [2.05, 4.69) is 29.8 Å². The van der Waals surface area contributed by atoms with Gasteiger partial charge in [0, 0.05) is 4.47 Å². The van der Waals surface area contributed by atoms with Crippen molar-refractivity contribution in [3.63, 3.8) is 0 Å². The second-order valence-corrected chi connectivity index (χ2v) is 7.49. The van der Waals surface area contributed by atoms with Crippen LogP contribution in [0.1, 0.15) is 25.3 Å². The summed E-state index contributed by atoms with van der Waals surface area (Å²) in [6.45, 7) is 4.14. The average Bonchev–Trinajstić information content (AvgIpc) is 2.47. The molecule has 2 aromatic rings. The van der Waals surface area contributed by atoms with Crippen molar-refractivity contribution < 1.29 is 17.3 Å². The maximum absolute atomic E-state index is 12.4. The highest BCUT2D eigenvalue weighted by atomic mass is 79.9. The fourth-order valence-corrected chi connectivity index (χ4v) is 3.56. The van der Waals surface area contributed by atoms with Gasteiger partial charge in [0.05, 0.1) is 7.11 Å². The SMILES string of the molecule is COc1ccc(Br)cc1S(=O)(=O)Oc1ccc(C(C)C)cc1. The van der Waals surface area contributed by atoms with Crippen LogP contribution in [0.15, 0.2) is 51.8 Å². The lowest BCUT2D eigenvalue weighted by atomic mass is 10.0. The molecule has 22 heavy (non-hydrogen) atoms. The number of methoxy groups -OCH3 is 1. The summed E-state index contributed by atoms with van der Waals surface area (Å²) >= 11 is 3.25. The van der Waals surface area contributed by atoms with Crippen LogP contribution in [0.3, 0.4) is 0 Å². The van der Waals surface area contributed by atoms with Crippen molar-refractivity contribution >= 4 is 26.0 Å². The van der Waals surface area contributed by atoms with Gasteiger partial charge in [0.1, 0.15) is 16.4 Å². The summed E-state index contributed by atoms with van der Waals surface area (Å²) < 4.78 is 35.8. The molecule has 118 valence electrons. The number of benzene rings is 2. The zero-order valence-corrected chi connectivity index (χ0v) is 14.9. The molecule has 0 aliphatic rings. The van der Waals surface area contributed by atoms with Gasteiger partial charge in [0.15, 0.2) is 0 Å². The van der Waals surface area contributed by atoms with Crippen LogP contribution in [0.2, 0.25) is 0 Å². The van der Waals surface area contributed by atoms with E-state index in [4.69, 9.17) is 8.92 Å². The van der Waals surface area contributed by atoms with Gasteiger partial charge in [-0.05, 0) is 41.8 Å². The molecule has 0 aliphatic carbocycles. The third kappa shape index (κ3) is 3.81. The first-order valence-corrected chi connectivity index (χ1v) is 8.91. The Morgan fingerprint density at radius 3 is 2.23 bits per heavy atom. The lowest BCUT2D eigenvalue weighted by Crippen LogP contribution is -2.11. The summed E-state index contributed by atoms with van der Waals surface area (Å²) in [5.74, 6) is 0.879. The van der Waals surface area contributed by atoms with Crippen LogP contribution in [0.5, 0.6) is 11.5 Å². The van der Waals surface area contributed by atoms with Crippen molar-refractivity contribution in [1.82, 2.24) is 0 Å². The predicted molar refractivity (Wildman–Crippen MR) is 89.0 cm³/mol. The molecule has 4 nitrogen and oxygen atoms in total.